The lowest BCUT2D eigenvalue weighted by molar-refractivity contribution is 0.196. The Hall–Kier alpha value is -0.110. The highest BCUT2D eigenvalue weighted by Gasteiger charge is 2.39. The second kappa shape index (κ2) is 3.33. The van der Waals surface area contributed by atoms with Crippen LogP contribution in [0.4, 0.5) is 4.39 Å². The lowest BCUT2D eigenvalue weighted by Gasteiger charge is -2.33. The molecule has 1 unspecified atom stereocenters. The van der Waals surface area contributed by atoms with Crippen molar-refractivity contribution >= 4 is 0 Å². The van der Waals surface area contributed by atoms with E-state index in [0.29, 0.717) is 11.3 Å². The topological polar surface area (TPSA) is 12.0 Å². The van der Waals surface area contributed by atoms with Crippen LogP contribution >= 0.6 is 0 Å². The lowest BCUT2D eigenvalue weighted by atomic mass is 9.77. The Bertz CT molecular complexity index is 152. The summed E-state index contributed by atoms with van der Waals surface area (Å²) in [6.07, 6.45) is 6.14. The van der Waals surface area contributed by atoms with E-state index in [-0.39, 0.29) is 6.67 Å². The molecule has 2 fully saturated rings. The molecular weight excluding hydrogens is 153 g/mol. The van der Waals surface area contributed by atoms with Gasteiger partial charge in [0.2, 0.25) is 0 Å². The third-order valence-corrected chi connectivity index (χ3v) is 3.69. The zero-order valence-electron chi connectivity index (χ0n) is 7.61. The van der Waals surface area contributed by atoms with E-state index in [1.807, 2.05) is 0 Å². The molecule has 0 amide bonds. The zero-order chi connectivity index (χ0) is 8.44. The van der Waals surface area contributed by atoms with E-state index < -0.39 is 0 Å². The fourth-order valence-corrected chi connectivity index (χ4v) is 2.87. The number of piperidine rings is 1. The Kier molecular flexibility index (Phi) is 2.35. The first-order chi connectivity index (χ1) is 5.85. The van der Waals surface area contributed by atoms with E-state index in [1.165, 1.54) is 19.3 Å². The summed E-state index contributed by atoms with van der Waals surface area (Å²) in [7, 11) is 0. The molecule has 2 aliphatic rings. The summed E-state index contributed by atoms with van der Waals surface area (Å²) in [4.78, 5) is 0. The predicted octanol–water partition coefficient (Wildman–Crippen LogP) is 2.13. The number of hydrogen-bond donors (Lipinski definition) is 1. The molecule has 0 aromatic carbocycles. The van der Waals surface area contributed by atoms with Gasteiger partial charge in [-0.3, -0.25) is 4.39 Å². The van der Waals surface area contributed by atoms with Crippen molar-refractivity contribution < 1.29 is 4.39 Å². The van der Waals surface area contributed by atoms with Gasteiger partial charge in [-0.15, -0.1) is 0 Å². The SMILES string of the molecule is FCC1CCC2(CCNCC2)C1. The number of rotatable bonds is 1. The molecule has 1 spiro atoms. The van der Waals surface area contributed by atoms with Crippen molar-refractivity contribution in [3.63, 3.8) is 0 Å². The molecule has 0 aromatic rings. The van der Waals surface area contributed by atoms with Crippen molar-refractivity contribution in [2.75, 3.05) is 19.8 Å². The molecule has 1 aliphatic carbocycles. The quantitative estimate of drug-likeness (QED) is 0.637. The summed E-state index contributed by atoms with van der Waals surface area (Å²) in [5.41, 5.74) is 0.544. The van der Waals surface area contributed by atoms with Crippen LogP contribution in [0.15, 0.2) is 0 Å². The molecule has 1 saturated heterocycles. The van der Waals surface area contributed by atoms with E-state index in [9.17, 15) is 4.39 Å². The molecule has 0 aromatic heterocycles. The van der Waals surface area contributed by atoms with Crippen molar-refractivity contribution in [1.82, 2.24) is 5.32 Å². The van der Waals surface area contributed by atoms with Gasteiger partial charge in [0.1, 0.15) is 0 Å². The Labute approximate surface area is 73.7 Å². The van der Waals surface area contributed by atoms with Crippen molar-refractivity contribution in [2.45, 2.75) is 32.1 Å². The van der Waals surface area contributed by atoms with Crippen LogP contribution in [0.1, 0.15) is 32.1 Å². The normalized spacial score (nSPS) is 34.2. The van der Waals surface area contributed by atoms with E-state index in [1.54, 1.807) is 0 Å². The second-order valence-electron chi connectivity index (χ2n) is 4.51. The van der Waals surface area contributed by atoms with E-state index in [4.69, 9.17) is 0 Å². The van der Waals surface area contributed by atoms with Gasteiger partial charge in [0, 0.05) is 0 Å². The van der Waals surface area contributed by atoms with Crippen molar-refractivity contribution in [1.29, 1.82) is 0 Å². The van der Waals surface area contributed by atoms with E-state index in [2.05, 4.69) is 5.32 Å². The third kappa shape index (κ3) is 1.49. The number of nitrogens with one attached hydrogen (secondary N) is 1. The first kappa shape index (κ1) is 8.49. The molecule has 1 atom stereocenters. The van der Waals surface area contributed by atoms with Crippen molar-refractivity contribution in [3.05, 3.63) is 0 Å². The van der Waals surface area contributed by atoms with Crippen LogP contribution < -0.4 is 5.32 Å². The van der Waals surface area contributed by atoms with Crippen LogP contribution in [0.5, 0.6) is 0 Å². The second-order valence-corrected chi connectivity index (χ2v) is 4.51. The van der Waals surface area contributed by atoms with Gasteiger partial charge in [-0.1, -0.05) is 0 Å². The van der Waals surface area contributed by atoms with Crippen LogP contribution in [0.25, 0.3) is 0 Å². The largest absolute Gasteiger partial charge is 0.317 e. The predicted molar refractivity (Wildman–Crippen MR) is 47.9 cm³/mol. The van der Waals surface area contributed by atoms with Crippen molar-refractivity contribution in [3.8, 4) is 0 Å². The average molecular weight is 171 g/mol. The molecule has 1 N–H and O–H groups in total. The van der Waals surface area contributed by atoms with Crippen LogP contribution in [0.3, 0.4) is 0 Å². The minimum atomic E-state index is -0.0881. The lowest BCUT2D eigenvalue weighted by Crippen LogP contribution is -2.35. The molecule has 1 nitrogen and oxygen atoms in total. The monoisotopic (exact) mass is 171 g/mol. The molecule has 0 bridgehead atoms. The Morgan fingerprint density at radius 1 is 1.25 bits per heavy atom. The highest BCUT2D eigenvalue weighted by Crippen LogP contribution is 2.47. The van der Waals surface area contributed by atoms with E-state index in [0.717, 1.165) is 25.9 Å². The van der Waals surface area contributed by atoms with Crippen LogP contribution in [0.2, 0.25) is 0 Å². The minimum absolute atomic E-state index is 0.0881. The Morgan fingerprint density at radius 3 is 2.58 bits per heavy atom. The highest BCUT2D eigenvalue weighted by atomic mass is 19.1. The maximum absolute atomic E-state index is 12.4. The summed E-state index contributed by atoms with van der Waals surface area (Å²) in [5, 5.41) is 3.38. The first-order valence-corrected chi connectivity index (χ1v) is 5.11. The van der Waals surface area contributed by atoms with Crippen LogP contribution in [0, 0.1) is 11.3 Å². The van der Waals surface area contributed by atoms with Gasteiger partial charge in [0.05, 0.1) is 6.67 Å². The van der Waals surface area contributed by atoms with E-state index >= 15 is 0 Å². The summed E-state index contributed by atoms with van der Waals surface area (Å²) in [6.45, 7) is 2.22. The molecule has 0 radical (unpaired) electrons. The number of hydrogen-bond acceptors (Lipinski definition) is 1. The smallest absolute Gasteiger partial charge is 0.0922 e. The van der Waals surface area contributed by atoms with Gasteiger partial charge in [0.15, 0.2) is 0 Å². The van der Waals surface area contributed by atoms with Crippen LogP contribution in [-0.2, 0) is 0 Å². The molecule has 2 rings (SSSR count). The Morgan fingerprint density at radius 2 is 2.00 bits per heavy atom. The van der Waals surface area contributed by atoms with Crippen LogP contribution in [-0.4, -0.2) is 19.8 Å². The fourth-order valence-electron chi connectivity index (χ4n) is 2.87. The third-order valence-electron chi connectivity index (χ3n) is 3.69. The highest BCUT2D eigenvalue weighted by molar-refractivity contribution is 4.91. The van der Waals surface area contributed by atoms with Gasteiger partial charge in [-0.05, 0) is 56.5 Å². The molecule has 12 heavy (non-hydrogen) atoms. The molecule has 1 heterocycles. The summed E-state index contributed by atoms with van der Waals surface area (Å²) >= 11 is 0. The summed E-state index contributed by atoms with van der Waals surface area (Å²) in [6, 6.07) is 0. The maximum atomic E-state index is 12.4. The summed E-state index contributed by atoms with van der Waals surface area (Å²) < 4.78 is 12.4. The first-order valence-electron chi connectivity index (χ1n) is 5.11. The standard InChI is InChI=1S/C10H18FN/c11-8-9-1-2-10(7-9)3-5-12-6-4-10/h9,12H,1-8H2. The Balaban J connectivity index is 1.94. The van der Waals surface area contributed by atoms with Gasteiger partial charge in [-0.25, -0.2) is 0 Å². The fraction of sp³-hybridized carbons (Fsp3) is 1.00. The summed E-state index contributed by atoms with van der Waals surface area (Å²) in [5.74, 6) is 0.392. The minimum Gasteiger partial charge on any atom is -0.317 e. The van der Waals surface area contributed by atoms with Gasteiger partial charge < -0.3 is 5.32 Å². The molecule has 2 heteroatoms. The van der Waals surface area contributed by atoms with Gasteiger partial charge >= 0.3 is 0 Å². The average Bonchev–Trinajstić information content (AvgIpc) is 2.50. The van der Waals surface area contributed by atoms with Gasteiger partial charge in [0.25, 0.3) is 0 Å². The molecule has 1 saturated carbocycles. The maximum Gasteiger partial charge on any atom is 0.0922 e. The zero-order valence-corrected chi connectivity index (χ0v) is 7.61. The van der Waals surface area contributed by atoms with Gasteiger partial charge in [-0.2, -0.15) is 0 Å². The number of halogens is 1. The van der Waals surface area contributed by atoms with Crippen molar-refractivity contribution in [2.24, 2.45) is 11.3 Å². The molecule has 1 aliphatic heterocycles. The molecule has 70 valence electrons. The molecular formula is C10H18FN. The number of alkyl halides is 1.